The molecule has 7 rings (SSSR count). The van der Waals surface area contributed by atoms with Crippen LogP contribution in [0.3, 0.4) is 0 Å². The second-order valence-corrected chi connectivity index (χ2v) is 9.53. The van der Waals surface area contributed by atoms with Crippen molar-refractivity contribution in [3.8, 4) is 22.3 Å². The molecule has 2 nitrogen and oxygen atoms in total. The van der Waals surface area contributed by atoms with Crippen molar-refractivity contribution in [2.24, 2.45) is 0 Å². The molecule has 7 aromatic rings. The Hall–Kier alpha value is -4.44. The first kappa shape index (κ1) is 21.8. The minimum atomic E-state index is -1.48. The van der Waals surface area contributed by atoms with Crippen LogP contribution in [0.4, 0.5) is 0 Å². The molecule has 0 saturated carbocycles. The Bertz CT molecular complexity index is 1900. The summed E-state index contributed by atoms with van der Waals surface area (Å²) >= 11 is 0. The molecule has 0 aliphatic rings. The Morgan fingerprint density at radius 3 is 1.43 bits per heavy atom. The third-order valence-electron chi connectivity index (χ3n) is 7.47. The average Bonchev–Trinajstić information content (AvgIpc) is 2.95. The predicted octanol–water partition coefficient (Wildman–Crippen LogP) is 7.31. The maximum absolute atomic E-state index is 9.61. The van der Waals surface area contributed by atoms with Gasteiger partial charge in [0.2, 0.25) is 0 Å². The van der Waals surface area contributed by atoms with E-state index in [1.165, 1.54) is 54.2 Å². The van der Waals surface area contributed by atoms with Gasteiger partial charge < -0.3 is 10.0 Å². The highest BCUT2D eigenvalue weighted by molar-refractivity contribution is 6.58. The van der Waals surface area contributed by atoms with Crippen LogP contribution in [0.25, 0.3) is 65.3 Å². The molecule has 7 aromatic carbocycles. The van der Waals surface area contributed by atoms with E-state index in [4.69, 9.17) is 0 Å². The van der Waals surface area contributed by atoms with Crippen LogP contribution >= 0.6 is 0 Å². The standard InChI is InChI=1S/C34H23BO2/c36-35(37)24-19-17-22(18-20-24)33-28-13-5-7-15-30(28)34(31-16-8-6-14-29(31)33)32-21-23-9-1-2-10-25(23)26-11-3-4-12-27(26)32/h1-21,36-37H. The molecule has 0 amide bonds. The summed E-state index contributed by atoms with van der Waals surface area (Å²) in [5.74, 6) is 0. The highest BCUT2D eigenvalue weighted by atomic mass is 16.4. The molecule has 0 aromatic heterocycles. The average molecular weight is 474 g/mol. The topological polar surface area (TPSA) is 40.5 Å². The molecule has 37 heavy (non-hydrogen) atoms. The Morgan fingerprint density at radius 2 is 0.865 bits per heavy atom. The summed E-state index contributed by atoms with van der Waals surface area (Å²) in [4.78, 5) is 0. The van der Waals surface area contributed by atoms with Crippen molar-refractivity contribution < 1.29 is 10.0 Å². The van der Waals surface area contributed by atoms with E-state index in [9.17, 15) is 10.0 Å². The maximum Gasteiger partial charge on any atom is 0.488 e. The maximum atomic E-state index is 9.61. The van der Waals surface area contributed by atoms with Crippen molar-refractivity contribution >= 4 is 55.7 Å². The largest absolute Gasteiger partial charge is 0.488 e. The predicted molar refractivity (Wildman–Crippen MR) is 157 cm³/mol. The number of hydrogen-bond donors (Lipinski definition) is 2. The Balaban J connectivity index is 1.64. The Labute approximate surface area is 215 Å². The zero-order valence-corrected chi connectivity index (χ0v) is 20.1. The van der Waals surface area contributed by atoms with Gasteiger partial charge in [-0.2, -0.15) is 0 Å². The van der Waals surface area contributed by atoms with Gasteiger partial charge in [0.15, 0.2) is 0 Å². The molecule has 0 fully saturated rings. The lowest BCUT2D eigenvalue weighted by Gasteiger charge is -2.19. The van der Waals surface area contributed by atoms with Gasteiger partial charge in [-0.25, -0.2) is 0 Å². The number of hydrogen-bond acceptors (Lipinski definition) is 2. The van der Waals surface area contributed by atoms with E-state index in [1.54, 1.807) is 12.1 Å². The van der Waals surface area contributed by atoms with Crippen LogP contribution < -0.4 is 5.46 Å². The molecule has 3 heteroatoms. The molecule has 174 valence electrons. The van der Waals surface area contributed by atoms with Crippen LogP contribution in [0.1, 0.15) is 0 Å². The lowest BCUT2D eigenvalue weighted by molar-refractivity contribution is 0.426. The minimum Gasteiger partial charge on any atom is -0.423 e. The van der Waals surface area contributed by atoms with Gasteiger partial charge in [-0.1, -0.05) is 121 Å². The van der Waals surface area contributed by atoms with E-state index in [1.807, 2.05) is 12.1 Å². The van der Waals surface area contributed by atoms with Gasteiger partial charge in [-0.15, -0.1) is 0 Å². The summed E-state index contributed by atoms with van der Waals surface area (Å²) < 4.78 is 0. The zero-order valence-electron chi connectivity index (χ0n) is 20.1. The monoisotopic (exact) mass is 474 g/mol. The van der Waals surface area contributed by atoms with Crippen molar-refractivity contribution in [2.75, 3.05) is 0 Å². The molecule has 0 saturated heterocycles. The third-order valence-corrected chi connectivity index (χ3v) is 7.47. The van der Waals surface area contributed by atoms with Crippen molar-refractivity contribution in [3.05, 3.63) is 127 Å². The van der Waals surface area contributed by atoms with Gasteiger partial charge in [0, 0.05) is 0 Å². The second-order valence-electron chi connectivity index (χ2n) is 9.53. The molecule has 2 N–H and O–H groups in total. The van der Waals surface area contributed by atoms with Crippen LogP contribution in [-0.2, 0) is 0 Å². The molecule has 0 aliphatic carbocycles. The molecule has 0 radical (unpaired) electrons. The summed E-state index contributed by atoms with van der Waals surface area (Å²) in [5, 5.41) is 28.9. The van der Waals surface area contributed by atoms with E-state index in [2.05, 4.69) is 103 Å². The van der Waals surface area contributed by atoms with E-state index in [0.717, 1.165) is 11.1 Å². The van der Waals surface area contributed by atoms with Crippen molar-refractivity contribution in [3.63, 3.8) is 0 Å². The Morgan fingerprint density at radius 1 is 0.405 bits per heavy atom. The van der Waals surface area contributed by atoms with Crippen LogP contribution in [-0.4, -0.2) is 17.2 Å². The van der Waals surface area contributed by atoms with Gasteiger partial charge in [-0.05, 0) is 76.9 Å². The van der Waals surface area contributed by atoms with E-state index in [-0.39, 0.29) is 0 Å². The van der Waals surface area contributed by atoms with Gasteiger partial charge in [-0.3, -0.25) is 0 Å². The van der Waals surface area contributed by atoms with Gasteiger partial charge in [0.05, 0.1) is 0 Å². The molecule has 0 heterocycles. The lowest BCUT2D eigenvalue weighted by Crippen LogP contribution is -2.29. The quantitative estimate of drug-likeness (QED) is 0.160. The number of rotatable bonds is 3. The van der Waals surface area contributed by atoms with Crippen LogP contribution in [0, 0.1) is 0 Å². The molecule has 0 atom stereocenters. The van der Waals surface area contributed by atoms with E-state index < -0.39 is 7.12 Å². The summed E-state index contributed by atoms with van der Waals surface area (Å²) in [6, 6.07) is 44.4. The van der Waals surface area contributed by atoms with Crippen LogP contribution in [0.2, 0.25) is 0 Å². The highest BCUT2D eigenvalue weighted by Gasteiger charge is 2.19. The fraction of sp³-hybridized carbons (Fsp3) is 0. The summed E-state index contributed by atoms with van der Waals surface area (Å²) in [6.07, 6.45) is 0. The fourth-order valence-corrected chi connectivity index (χ4v) is 5.81. The highest BCUT2D eigenvalue weighted by Crippen LogP contribution is 2.46. The Kier molecular flexibility index (Phi) is 5.07. The first-order valence-electron chi connectivity index (χ1n) is 12.5. The number of benzene rings is 7. The van der Waals surface area contributed by atoms with Crippen molar-refractivity contribution in [1.29, 1.82) is 0 Å². The number of fused-ring (bicyclic) bond motifs is 5. The molecule has 0 spiro atoms. The zero-order chi connectivity index (χ0) is 24.9. The van der Waals surface area contributed by atoms with E-state index in [0.29, 0.717) is 5.46 Å². The third kappa shape index (κ3) is 3.44. The fourth-order valence-electron chi connectivity index (χ4n) is 5.81. The van der Waals surface area contributed by atoms with E-state index >= 15 is 0 Å². The summed E-state index contributed by atoms with van der Waals surface area (Å²) in [6.45, 7) is 0. The van der Waals surface area contributed by atoms with Crippen LogP contribution in [0.5, 0.6) is 0 Å². The summed E-state index contributed by atoms with van der Waals surface area (Å²) in [5.41, 5.74) is 5.15. The van der Waals surface area contributed by atoms with Gasteiger partial charge in [0.25, 0.3) is 0 Å². The second kappa shape index (κ2) is 8.60. The smallest absolute Gasteiger partial charge is 0.423 e. The minimum absolute atomic E-state index is 0.483. The SMILES string of the molecule is OB(O)c1ccc(-c2c3ccccc3c(-c3cc4ccccc4c4ccccc34)c3ccccc23)cc1. The summed E-state index contributed by atoms with van der Waals surface area (Å²) in [7, 11) is -1.48. The van der Waals surface area contributed by atoms with Crippen LogP contribution in [0.15, 0.2) is 127 Å². The van der Waals surface area contributed by atoms with Gasteiger partial charge in [0.1, 0.15) is 0 Å². The van der Waals surface area contributed by atoms with Crippen molar-refractivity contribution in [1.82, 2.24) is 0 Å². The lowest BCUT2D eigenvalue weighted by atomic mass is 9.79. The molecule has 0 unspecified atom stereocenters. The molecule has 0 bridgehead atoms. The van der Waals surface area contributed by atoms with Gasteiger partial charge >= 0.3 is 7.12 Å². The molecular weight excluding hydrogens is 451 g/mol. The first-order valence-corrected chi connectivity index (χ1v) is 12.5. The molecule has 0 aliphatic heterocycles. The normalized spacial score (nSPS) is 11.5. The molecular formula is C34H23BO2. The van der Waals surface area contributed by atoms with Crippen molar-refractivity contribution in [2.45, 2.75) is 0 Å². The first-order chi connectivity index (χ1) is 18.2.